The van der Waals surface area contributed by atoms with Gasteiger partial charge in [-0.25, -0.2) is 9.78 Å². The van der Waals surface area contributed by atoms with Crippen LogP contribution in [0.25, 0.3) is 0 Å². The molecule has 1 fully saturated rings. The first kappa shape index (κ1) is 21.6. The maximum Gasteiger partial charge on any atom is 0.319 e. The number of urea groups is 1. The van der Waals surface area contributed by atoms with Crippen molar-refractivity contribution in [3.63, 3.8) is 0 Å². The van der Waals surface area contributed by atoms with Crippen LogP contribution in [0, 0.1) is 5.92 Å². The van der Waals surface area contributed by atoms with E-state index in [9.17, 15) is 9.59 Å². The van der Waals surface area contributed by atoms with Crippen LogP contribution in [0.15, 0.2) is 42.6 Å². The number of piperidine rings is 1. The van der Waals surface area contributed by atoms with Gasteiger partial charge in [0.25, 0.3) is 5.91 Å². The molecule has 0 spiro atoms. The van der Waals surface area contributed by atoms with Crippen LogP contribution in [0.3, 0.4) is 0 Å². The van der Waals surface area contributed by atoms with Gasteiger partial charge in [-0.3, -0.25) is 4.79 Å². The molecule has 0 atom stereocenters. The molecule has 3 rings (SSSR count). The van der Waals surface area contributed by atoms with E-state index < -0.39 is 0 Å². The highest BCUT2D eigenvalue weighted by Gasteiger charge is 2.17. The molecule has 0 unspecified atom stereocenters. The lowest BCUT2D eigenvalue weighted by atomic mass is 9.99. The number of anilines is 2. The molecule has 1 aliphatic rings. The number of carbonyl (C=O) groups is 2. The van der Waals surface area contributed by atoms with Gasteiger partial charge in [-0.15, -0.1) is 0 Å². The molecule has 0 saturated carbocycles. The van der Waals surface area contributed by atoms with E-state index in [1.807, 2.05) is 32.2 Å². The van der Waals surface area contributed by atoms with Crippen LogP contribution >= 0.6 is 0 Å². The van der Waals surface area contributed by atoms with Gasteiger partial charge in [0.2, 0.25) is 0 Å². The van der Waals surface area contributed by atoms with Crippen LogP contribution in [0.2, 0.25) is 0 Å². The fourth-order valence-corrected chi connectivity index (χ4v) is 3.43. The smallest absolute Gasteiger partial charge is 0.319 e. The minimum atomic E-state index is -0.336. The van der Waals surface area contributed by atoms with Gasteiger partial charge in [0.05, 0.1) is 11.3 Å². The third-order valence-electron chi connectivity index (χ3n) is 5.21. The van der Waals surface area contributed by atoms with E-state index in [2.05, 4.69) is 32.8 Å². The van der Waals surface area contributed by atoms with Crippen molar-refractivity contribution in [3.05, 3.63) is 53.7 Å². The molecular weight excluding hydrogens is 378 g/mol. The summed E-state index contributed by atoms with van der Waals surface area (Å²) in [7, 11) is 0. The van der Waals surface area contributed by atoms with Gasteiger partial charge < -0.3 is 20.9 Å². The number of nitrogens with one attached hydrogen (secondary N) is 3. The Bertz CT molecular complexity index is 858. The lowest BCUT2D eigenvalue weighted by molar-refractivity contribution is 0.0951. The quantitative estimate of drug-likeness (QED) is 0.678. The van der Waals surface area contributed by atoms with Crippen LogP contribution < -0.4 is 20.9 Å². The molecule has 0 radical (unpaired) electrons. The van der Waals surface area contributed by atoms with Crippen molar-refractivity contribution < 1.29 is 9.59 Å². The van der Waals surface area contributed by atoms with Crippen LogP contribution in [-0.4, -0.2) is 36.1 Å². The first-order chi connectivity index (χ1) is 14.4. The molecule has 1 aromatic carbocycles. The number of benzene rings is 1. The van der Waals surface area contributed by atoms with E-state index in [1.54, 1.807) is 24.3 Å². The number of para-hydroxylation sites is 1. The molecule has 7 nitrogen and oxygen atoms in total. The van der Waals surface area contributed by atoms with Crippen molar-refractivity contribution in [2.24, 2.45) is 5.92 Å². The van der Waals surface area contributed by atoms with Crippen molar-refractivity contribution in [3.8, 4) is 0 Å². The summed E-state index contributed by atoms with van der Waals surface area (Å²) in [5.74, 6) is 1.52. The second-order valence-electron chi connectivity index (χ2n) is 8.18. The number of carbonyl (C=O) groups excluding carboxylic acids is 2. The average Bonchev–Trinajstić information content (AvgIpc) is 2.73. The summed E-state index contributed by atoms with van der Waals surface area (Å²) < 4.78 is 0. The summed E-state index contributed by atoms with van der Waals surface area (Å²) >= 11 is 0. The highest BCUT2D eigenvalue weighted by Crippen LogP contribution is 2.21. The van der Waals surface area contributed by atoms with Gasteiger partial charge in [0, 0.05) is 31.9 Å². The van der Waals surface area contributed by atoms with Crippen molar-refractivity contribution in [1.82, 2.24) is 15.6 Å². The largest absolute Gasteiger partial charge is 0.357 e. The third-order valence-corrected chi connectivity index (χ3v) is 5.21. The van der Waals surface area contributed by atoms with Crippen LogP contribution in [0.5, 0.6) is 0 Å². The molecule has 30 heavy (non-hydrogen) atoms. The minimum absolute atomic E-state index is 0.00907. The third kappa shape index (κ3) is 5.95. The zero-order chi connectivity index (χ0) is 21.5. The van der Waals surface area contributed by atoms with Crippen LogP contribution in [0.1, 0.15) is 49.5 Å². The second kappa shape index (κ2) is 10.1. The fourth-order valence-electron chi connectivity index (χ4n) is 3.43. The normalized spacial score (nSPS) is 14.5. The summed E-state index contributed by atoms with van der Waals surface area (Å²) in [6.45, 7) is 8.50. The highest BCUT2D eigenvalue weighted by molar-refractivity contribution is 6.03. The van der Waals surface area contributed by atoms with Gasteiger partial charge in [-0.2, -0.15) is 0 Å². The monoisotopic (exact) mass is 409 g/mol. The summed E-state index contributed by atoms with van der Waals surface area (Å²) in [5.41, 5.74) is 1.82. The molecule has 160 valence electrons. The predicted molar refractivity (Wildman–Crippen MR) is 120 cm³/mol. The number of hydrogen-bond donors (Lipinski definition) is 3. The van der Waals surface area contributed by atoms with Gasteiger partial charge in [-0.05, 0) is 56.4 Å². The van der Waals surface area contributed by atoms with E-state index >= 15 is 0 Å². The molecule has 0 bridgehead atoms. The first-order valence-corrected chi connectivity index (χ1v) is 10.6. The molecule has 2 aromatic rings. The zero-order valence-corrected chi connectivity index (χ0v) is 17.9. The molecule has 3 amide bonds. The van der Waals surface area contributed by atoms with Gasteiger partial charge in [0.1, 0.15) is 5.82 Å². The molecular formula is C23H31N5O2. The topological polar surface area (TPSA) is 86.4 Å². The number of nitrogens with zero attached hydrogens (tertiary/aromatic N) is 2. The number of pyridine rings is 1. The van der Waals surface area contributed by atoms with Crippen molar-refractivity contribution >= 4 is 23.4 Å². The first-order valence-electron chi connectivity index (χ1n) is 10.6. The van der Waals surface area contributed by atoms with Gasteiger partial charge in [0.15, 0.2) is 0 Å². The van der Waals surface area contributed by atoms with Crippen molar-refractivity contribution in [2.45, 2.75) is 46.2 Å². The standard InChI is InChI=1S/C23H31N5O2/c1-16(2)26-23(30)27-20-7-5-4-6-19(20)22(29)25-15-18-8-9-21(24-14-18)28-12-10-17(3)11-13-28/h4-9,14,16-17H,10-13,15H2,1-3H3,(H,25,29)(H2,26,27,30). The van der Waals surface area contributed by atoms with E-state index in [4.69, 9.17) is 0 Å². The zero-order valence-electron chi connectivity index (χ0n) is 17.9. The Balaban J connectivity index is 1.57. The fraction of sp³-hybridized carbons (Fsp3) is 0.435. The Kier molecular flexibility index (Phi) is 7.27. The van der Waals surface area contributed by atoms with E-state index in [1.165, 1.54) is 12.8 Å². The maximum absolute atomic E-state index is 12.7. The summed E-state index contributed by atoms with van der Waals surface area (Å²) in [6.07, 6.45) is 4.21. The summed E-state index contributed by atoms with van der Waals surface area (Å²) in [4.78, 5) is 31.6. The van der Waals surface area contributed by atoms with Crippen LogP contribution in [-0.2, 0) is 6.54 Å². The predicted octanol–water partition coefficient (Wildman–Crippen LogP) is 3.78. The Morgan fingerprint density at radius 3 is 2.53 bits per heavy atom. The second-order valence-corrected chi connectivity index (χ2v) is 8.18. The number of amides is 3. The van der Waals surface area contributed by atoms with Crippen LogP contribution in [0.4, 0.5) is 16.3 Å². The molecule has 3 N–H and O–H groups in total. The molecule has 1 aromatic heterocycles. The lowest BCUT2D eigenvalue weighted by Crippen LogP contribution is -2.35. The molecule has 0 aliphatic carbocycles. The van der Waals surface area contributed by atoms with Gasteiger partial charge in [-0.1, -0.05) is 25.1 Å². The van der Waals surface area contributed by atoms with E-state index in [0.29, 0.717) is 17.8 Å². The Hall–Kier alpha value is -3.09. The average molecular weight is 410 g/mol. The Morgan fingerprint density at radius 1 is 1.13 bits per heavy atom. The maximum atomic E-state index is 12.7. The number of rotatable bonds is 6. The lowest BCUT2D eigenvalue weighted by Gasteiger charge is -2.31. The number of hydrogen-bond acceptors (Lipinski definition) is 4. The Labute approximate surface area is 178 Å². The molecule has 1 aliphatic heterocycles. The highest BCUT2D eigenvalue weighted by atomic mass is 16.2. The number of aromatic nitrogens is 1. The van der Waals surface area contributed by atoms with Crippen molar-refractivity contribution in [1.29, 1.82) is 0 Å². The van der Waals surface area contributed by atoms with E-state index in [-0.39, 0.29) is 18.0 Å². The summed E-state index contributed by atoms with van der Waals surface area (Å²) in [6, 6.07) is 10.7. The Morgan fingerprint density at radius 2 is 1.87 bits per heavy atom. The van der Waals surface area contributed by atoms with E-state index in [0.717, 1.165) is 30.4 Å². The SMILES string of the molecule is CC1CCN(c2ccc(CNC(=O)c3ccccc3NC(=O)NC(C)C)cn2)CC1. The van der Waals surface area contributed by atoms with Crippen molar-refractivity contribution in [2.75, 3.05) is 23.3 Å². The molecule has 7 heteroatoms. The molecule has 1 saturated heterocycles. The van der Waals surface area contributed by atoms with Gasteiger partial charge >= 0.3 is 6.03 Å². The molecule has 2 heterocycles. The summed E-state index contributed by atoms with van der Waals surface area (Å²) in [5, 5.41) is 8.41. The minimum Gasteiger partial charge on any atom is -0.357 e.